The van der Waals surface area contributed by atoms with Crippen LogP contribution < -0.4 is 16.0 Å². The van der Waals surface area contributed by atoms with E-state index in [1.165, 1.54) is 5.56 Å². The number of carbonyl (C=O) groups is 1. The minimum absolute atomic E-state index is 0.0736. The van der Waals surface area contributed by atoms with Crippen LogP contribution in [0.1, 0.15) is 32.3 Å². The van der Waals surface area contributed by atoms with E-state index in [1.54, 1.807) is 0 Å². The van der Waals surface area contributed by atoms with Crippen LogP contribution in [0, 0.1) is 6.92 Å². The molecule has 112 valence electrons. The maximum absolute atomic E-state index is 12.2. The number of benzene rings is 1. The number of hydrogen-bond acceptors (Lipinski definition) is 3. The maximum Gasteiger partial charge on any atom is 0.242 e. The molecular weight excluding hydrogens is 250 g/mol. The Morgan fingerprint density at radius 3 is 2.55 bits per heavy atom. The second-order valence-electron chi connectivity index (χ2n) is 5.14. The Bertz CT molecular complexity index is 403. The summed E-state index contributed by atoms with van der Waals surface area (Å²) in [7, 11) is 0. The summed E-state index contributed by atoms with van der Waals surface area (Å²) in [4.78, 5) is 14.3. The van der Waals surface area contributed by atoms with E-state index in [9.17, 15) is 4.79 Å². The first-order valence-corrected chi connectivity index (χ1v) is 7.41. The van der Waals surface area contributed by atoms with Gasteiger partial charge in [0.2, 0.25) is 5.91 Å². The van der Waals surface area contributed by atoms with Gasteiger partial charge in [0.25, 0.3) is 0 Å². The number of nitrogens with one attached hydrogen (secondary N) is 1. The molecule has 3 N–H and O–H groups in total. The fourth-order valence-corrected chi connectivity index (χ4v) is 2.08. The Labute approximate surface area is 122 Å². The lowest BCUT2D eigenvalue weighted by Gasteiger charge is -2.30. The number of carbonyl (C=O) groups excluding carboxylic acids is 1. The monoisotopic (exact) mass is 277 g/mol. The molecule has 0 radical (unpaired) electrons. The predicted molar refractivity (Wildman–Crippen MR) is 85.0 cm³/mol. The van der Waals surface area contributed by atoms with Crippen molar-refractivity contribution in [3.8, 4) is 0 Å². The normalized spacial score (nSPS) is 12.0. The molecule has 0 aromatic heterocycles. The largest absolute Gasteiger partial charge is 0.360 e. The molecule has 0 spiro atoms. The van der Waals surface area contributed by atoms with Crippen molar-refractivity contribution in [2.24, 2.45) is 5.73 Å². The molecule has 0 aliphatic heterocycles. The smallest absolute Gasteiger partial charge is 0.242 e. The number of nitrogens with two attached hydrogens (primary N) is 1. The van der Waals surface area contributed by atoms with Crippen LogP contribution in [0.15, 0.2) is 24.3 Å². The molecule has 0 saturated carbocycles. The zero-order valence-corrected chi connectivity index (χ0v) is 12.9. The van der Waals surface area contributed by atoms with Gasteiger partial charge in [0, 0.05) is 18.8 Å². The summed E-state index contributed by atoms with van der Waals surface area (Å²) >= 11 is 0. The maximum atomic E-state index is 12.2. The molecule has 1 aromatic carbocycles. The highest BCUT2D eigenvalue weighted by Gasteiger charge is 2.20. The summed E-state index contributed by atoms with van der Waals surface area (Å²) in [6.45, 7) is 8.21. The predicted octanol–water partition coefficient (Wildman–Crippen LogP) is 2.06. The standard InChI is InChI=1S/C16H27N3O/c1-4-11-18-16(20)14(3)19(12-5-10-17)15-8-6-13(2)7-9-15/h6-9,14H,4-5,10-12,17H2,1-3H3,(H,18,20). The summed E-state index contributed by atoms with van der Waals surface area (Å²) < 4.78 is 0. The molecule has 0 bridgehead atoms. The number of amides is 1. The van der Waals surface area contributed by atoms with Gasteiger partial charge in [-0.2, -0.15) is 0 Å². The van der Waals surface area contributed by atoms with Crippen molar-refractivity contribution in [2.75, 3.05) is 24.5 Å². The molecule has 1 rings (SSSR count). The van der Waals surface area contributed by atoms with Gasteiger partial charge in [-0.05, 0) is 45.4 Å². The van der Waals surface area contributed by atoms with Crippen molar-refractivity contribution in [3.05, 3.63) is 29.8 Å². The first-order valence-electron chi connectivity index (χ1n) is 7.41. The summed E-state index contributed by atoms with van der Waals surface area (Å²) in [6.07, 6.45) is 1.82. The van der Waals surface area contributed by atoms with Gasteiger partial charge >= 0.3 is 0 Å². The van der Waals surface area contributed by atoms with Crippen LogP contribution in [-0.4, -0.2) is 31.6 Å². The third-order valence-electron chi connectivity index (χ3n) is 3.36. The molecule has 0 saturated heterocycles. The van der Waals surface area contributed by atoms with Gasteiger partial charge < -0.3 is 16.0 Å². The minimum atomic E-state index is -0.184. The SMILES string of the molecule is CCCNC(=O)C(C)N(CCCN)c1ccc(C)cc1. The van der Waals surface area contributed by atoms with Gasteiger partial charge in [0.05, 0.1) is 0 Å². The molecule has 4 nitrogen and oxygen atoms in total. The lowest BCUT2D eigenvalue weighted by Crippen LogP contribution is -2.46. The average molecular weight is 277 g/mol. The van der Waals surface area contributed by atoms with E-state index in [4.69, 9.17) is 5.73 Å². The fraction of sp³-hybridized carbons (Fsp3) is 0.562. The van der Waals surface area contributed by atoms with Gasteiger partial charge in [-0.1, -0.05) is 24.6 Å². The van der Waals surface area contributed by atoms with E-state index in [0.717, 1.165) is 31.6 Å². The zero-order chi connectivity index (χ0) is 15.0. The van der Waals surface area contributed by atoms with Crippen LogP contribution in [-0.2, 0) is 4.79 Å². The van der Waals surface area contributed by atoms with Crippen LogP contribution >= 0.6 is 0 Å². The number of rotatable bonds is 8. The summed E-state index contributed by atoms with van der Waals surface area (Å²) in [6, 6.07) is 8.09. The van der Waals surface area contributed by atoms with Gasteiger partial charge in [-0.3, -0.25) is 4.79 Å². The van der Waals surface area contributed by atoms with Crippen molar-refractivity contribution in [1.29, 1.82) is 0 Å². The minimum Gasteiger partial charge on any atom is -0.360 e. The zero-order valence-electron chi connectivity index (χ0n) is 12.9. The van der Waals surface area contributed by atoms with E-state index in [1.807, 2.05) is 6.92 Å². The van der Waals surface area contributed by atoms with Crippen LogP contribution in [0.3, 0.4) is 0 Å². The first kappa shape index (κ1) is 16.5. The summed E-state index contributed by atoms with van der Waals surface area (Å²) in [5, 5.41) is 2.96. The second kappa shape index (κ2) is 8.59. The Morgan fingerprint density at radius 1 is 1.35 bits per heavy atom. The quantitative estimate of drug-likeness (QED) is 0.765. The van der Waals surface area contributed by atoms with Crippen LogP contribution in [0.4, 0.5) is 5.69 Å². The third-order valence-corrected chi connectivity index (χ3v) is 3.36. The molecule has 0 heterocycles. The highest BCUT2D eigenvalue weighted by molar-refractivity contribution is 5.84. The molecule has 1 aromatic rings. The van der Waals surface area contributed by atoms with E-state index < -0.39 is 0 Å². The fourth-order valence-electron chi connectivity index (χ4n) is 2.08. The van der Waals surface area contributed by atoms with Gasteiger partial charge in [0.15, 0.2) is 0 Å². The number of nitrogens with zero attached hydrogens (tertiary/aromatic N) is 1. The average Bonchev–Trinajstić information content (AvgIpc) is 2.46. The van der Waals surface area contributed by atoms with E-state index in [0.29, 0.717) is 6.54 Å². The van der Waals surface area contributed by atoms with Gasteiger partial charge in [-0.25, -0.2) is 0 Å². The van der Waals surface area contributed by atoms with Crippen molar-refractivity contribution >= 4 is 11.6 Å². The molecule has 4 heteroatoms. The Kier molecular flexibility index (Phi) is 7.09. The van der Waals surface area contributed by atoms with E-state index in [-0.39, 0.29) is 11.9 Å². The molecule has 1 atom stereocenters. The summed E-state index contributed by atoms with van der Waals surface area (Å²) in [5.74, 6) is 0.0736. The third kappa shape index (κ3) is 4.85. The Balaban J connectivity index is 2.82. The Hall–Kier alpha value is -1.55. The van der Waals surface area contributed by atoms with Crippen molar-refractivity contribution in [1.82, 2.24) is 5.32 Å². The topological polar surface area (TPSA) is 58.4 Å². The van der Waals surface area contributed by atoms with Crippen LogP contribution in [0.25, 0.3) is 0 Å². The van der Waals surface area contributed by atoms with Crippen LogP contribution in [0.2, 0.25) is 0 Å². The molecule has 1 amide bonds. The van der Waals surface area contributed by atoms with Gasteiger partial charge in [-0.15, -0.1) is 0 Å². The summed E-state index contributed by atoms with van der Waals surface area (Å²) in [5.41, 5.74) is 7.90. The lowest BCUT2D eigenvalue weighted by atomic mass is 10.1. The highest BCUT2D eigenvalue weighted by Crippen LogP contribution is 2.18. The molecule has 0 aliphatic rings. The number of aryl methyl sites for hydroxylation is 1. The molecular formula is C16H27N3O. The molecule has 0 aliphatic carbocycles. The number of hydrogen-bond donors (Lipinski definition) is 2. The first-order chi connectivity index (χ1) is 9.60. The van der Waals surface area contributed by atoms with E-state index in [2.05, 4.69) is 48.3 Å². The van der Waals surface area contributed by atoms with Crippen molar-refractivity contribution < 1.29 is 4.79 Å². The Morgan fingerprint density at radius 2 is 2.00 bits per heavy atom. The lowest BCUT2D eigenvalue weighted by molar-refractivity contribution is -0.122. The van der Waals surface area contributed by atoms with Crippen molar-refractivity contribution in [3.63, 3.8) is 0 Å². The number of anilines is 1. The second-order valence-corrected chi connectivity index (χ2v) is 5.14. The van der Waals surface area contributed by atoms with Crippen LogP contribution in [0.5, 0.6) is 0 Å². The molecule has 1 unspecified atom stereocenters. The molecule has 20 heavy (non-hydrogen) atoms. The highest BCUT2D eigenvalue weighted by atomic mass is 16.2. The molecule has 0 fully saturated rings. The van der Waals surface area contributed by atoms with E-state index >= 15 is 0 Å². The van der Waals surface area contributed by atoms with Gasteiger partial charge in [0.1, 0.15) is 6.04 Å². The van der Waals surface area contributed by atoms with Crippen molar-refractivity contribution in [2.45, 2.75) is 39.7 Å².